The molecule has 0 fully saturated rings. The van der Waals surface area contributed by atoms with Crippen molar-refractivity contribution in [1.82, 2.24) is 10.6 Å². The Kier molecular flexibility index (Phi) is 7.21. The summed E-state index contributed by atoms with van der Waals surface area (Å²) in [5.41, 5.74) is 1.44. The number of thiocarbonyl (C=S) groups is 1. The van der Waals surface area contributed by atoms with Gasteiger partial charge in [0.2, 0.25) is 0 Å². The molecule has 25 heavy (non-hydrogen) atoms. The Balaban J connectivity index is 1.95. The van der Waals surface area contributed by atoms with Gasteiger partial charge in [-0.3, -0.25) is 10.1 Å². The first-order valence-electron chi connectivity index (χ1n) is 7.68. The van der Waals surface area contributed by atoms with Crippen molar-refractivity contribution >= 4 is 39.2 Å². The standard InChI is InChI=1S/C18H19BrN2O3S/c1-3-24-16-9-6-13(19)10-15(16)17(22)21-18(25)20-11-12-4-7-14(23-2)8-5-12/h4-10H,3,11H2,1-2H3,(H2,20,21,22,25). The molecular weight excluding hydrogens is 404 g/mol. The Morgan fingerprint density at radius 2 is 1.92 bits per heavy atom. The molecule has 1 amide bonds. The van der Waals surface area contributed by atoms with E-state index in [1.807, 2.05) is 37.3 Å². The highest BCUT2D eigenvalue weighted by Gasteiger charge is 2.14. The van der Waals surface area contributed by atoms with Gasteiger partial charge in [0.15, 0.2) is 5.11 Å². The van der Waals surface area contributed by atoms with E-state index in [4.69, 9.17) is 21.7 Å². The number of amides is 1. The van der Waals surface area contributed by atoms with Crippen LogP contribution in [0.3, 0.4) is 0 Å². The molecule has 0 saturated heterocycles. The average Bonchev–Trinajstić information content (AvgIpc) is 2.62. The summed E-state index contributed by atoms with van der Waals surface area (Å²) in [6.07, 6.45) is 0. The first-order chi connectivity index (χ1) is 12.0. The minimum atomic E-state index is -0.322. The maximum atomic E-state index is 12.4. The maximum absolute atomic E-state index is 12.4. The first-order valence-corrected chi connectivity index (χ1v) is 8.88. The highest BCUT2D eigenvalue weighted by atomic mass is 79.9. The largest absolute Gasteiger partial charge is 0.497 e. The first kappa shape index (κ1) is 19.2. The fourth-order valence-corrected chi connectivity index (χ4v) is 2.63. The van der Waals surface area contributed by atoms with E-state index in [0.717, 1.165) is 15.8 Å². The van der Waals surface area contributed by atoms with E-state index >= 15 is 0 Å². The predicted molar refractivity (Wildman–Crippen MR) is 105 cm³/mol. The molecule has 0 bridgehead atoms. The van der Waals surface area contributed by atoms with Gasteiger partial charge in [-0.15, -0.1) is 0 Å². The van der Waals surface area contributed by atoms with Crippen LogP contribution in [0.1, 0.15) is 22.8 Å². The molecule has 0 unspecified atom stereocenters. The number of carbonyl (C=O) groups excluding carboxylic acids is 1. The number of nitrogens with one attached hydrogen (secondary N) is 2. The summed E-state index contributed by atoms with van der Waals surface area (Å²) < 4.78 is 11.4. The fourth-order valence-electron chi connectivity index (χ4n) is 2.10. The molecule has 2 aromatic carbocycles. The van der Waals surface area contributed by atoms with Gasteiger partial charge in [0, 0.05) is 11.0 Å². The highest BCUT2D eigenvalue weighted by molar-refractivity contribution is 9.10. The van der Waals surface area contributed by atoms with Gasteiger partial charge in [-0.2, -0.15) is 0 Å². The molecule has 2 N–H and O–H groups in total. The molecule has 0 aliphatic carbocycles. The zero-order valence-corrected chi connectivity index (χ0v) is 16.4. The maximum Gasteiger partial charge on any atom is 0.261 e. The molecule has 0 saturated carbocycles. The third kappa shape index (κ3) is 5.72. The Labute approximate surface area is 160 Å². The smallest absolute Gasteiger partial charge is 0.261 e. The van der Waals surface area contributed by atoms with Crippen molar-refractivity contribution in [3.63, 3.8) is 0 Å². The van der Waals surface area contributed by atoms with Gasteiger partial charge in [0.25, 0.3) is 5.91 Å². The molecule has 132 valence electrons. The Bertz CT molecular complexity index is 750. The molecule has 0 radical (unpaired) electrons. The number of ether oxygens (including phenoxy) is 2. The molecule has 0 spiro atoms. The number of halogens is 1. The lowest BCUT2D eigenvalue weighted by atomic mass is 10.2. The van der Waals surface area contributed by atoms with E-state index in [9.17, 15) is 4.79 Å². The molecule has 0 aliphatic heterocycles. The minimum absolute atomic E-state index is 0.253. The number of hydrogen-bond acceptors (Lipinski definition) is 4. The molecule has 0 aliphatic rings. The van der Waals surface area contributed by atoms with Crippen molar-refractivity contribution in [3.8, 4) is 11.5 Å². The van der Waals surface area contributed by atoms with Crippen molar-refractivity contribution in [2.45, 2.75) is 13.5 Å². The SMILES string of the molecule is CCOc1ccc(Br)cc1C(=O)NC(=S)NCc1ccc(OC)cc1. The lowest BCUT2D eigenvalue weighted by molar-refractivity contribution is 0.0973. The lowest BCUT2D eigenvalue weighted by Crippen LogP contribution is -2.39. The zero-order valence-electron chi connectivity index (χ0n) is 14.0. The van der Waals surface area contributed by atoms with Gasteiger partial charge in [-0.1, -0.05) is 28.1 Å². The Morgan fingerprint density at radius 1 is 1.20 bits per heavy atom. The topological polar surface area (TPSA) is 59.6 Å². The molecule has 5 nitrogen and oxygen atoms in total. The van der Waals surface area contributed by atoms with Crippen LogP contribution in [0.4, 0.5) is 0 Å². The number of benzene rings is 2. The second-order valence-corrected chi connectivity index (χ2v) is 6.38. The van der Waals surface area contributed by atoms with E-state index in [1.54, 1.807) is 19.2 Å². The van der Waals surface area contributed by atoms with Crippen LogP contribution in [0.5, 0.6) is 11.5 Å². The van der Waals surface area contributed by atoms with Crippen molar-refractivity contribution in [2.24, 2.45) is 0 Å². The van der Waals surface area contributed by atoms with E-state index in [1.165, 1.54) is 0 Å². The molecule has 0 heterocycles. The summed E-state index contributed by atoms with van der Waals surface area (Å²) in [6, 6.07) is 12.9. The average molecular weight is 423 g/mol. The van der Waals surface area contributed by atoms with E-state index in [0.29, 0.717) is 24.5 Å². The van der Waals surface area contributed by atoms with Crippen molar-refractivity contribution in [1.29, 1.82) is 0 Å². The molecule has 2 rings (SSSR count). The van der Waals surface area contributed by atoms with Crippen molar-refractivity contribution in [3.05, 3.63) is 58.1 Å². The second-order valence-electron chi connectivity index (χ2n) is 5.06. The second kappa shape index (κ2) is 9.39. The van der Waals surface area contributed by atoms with Crippen molar-refractivity contribution < 1.29 is 14.3 Å². The van der Waals surface area contributed by atoms with Crippen LogP contribution in [0, 0.1) is 0 Å². The monoisotopic (exact) mass is 422 g/mol. The molecular formula is C18H19BrN2O3S. The van der Waals surface area contributed by atoms with Crippen LogP contribution in [0.25, 0.3) is 0 Å². The van der Waals surface area contributed by atoms with Crippen LogP contribution in [-0.4, -0.2) is 24.7 Å². The van der Waals surface area contributed by atoms with Gasteiger partial charge in [-0.25, -0.2) is 0 Å². The van der Waals surface area contributed by atoms with Gasteiger partial charge in [0.05, 0.1) is 19.3 Å². The van der Waals surface area contributed by atoms with Crippen LogP contribution in [0.2, 0.25) is 0 Å². The number of methoxy groups -OCH3 is 1. The summed E-state index contributed by atoms with van der Waals surface area (Å²) >= 11 is 8.56. The molecule has 7 heteroatoms. The van der Waals surface area contributed by atoms with Crippen molar-refractivity contribution in [2.75, 3.05) is 13.7 Å². The van der Waals surface area contributed by atoms with Crippen LogP contribution >= 0.6 is 28.1 Å². The van der Waals surface area contributed by atoms with Gasteiger partial charge >= 0.3 is 0 Å². The fraction of sp³-hybridized carbons (Fsp3) is 0.222. The highest BCUT2D eigenvalue weighted by Crippen LogP contribution is 2.23. The Morgan fingerprint density at radius 3 is 2.56 bits per heavy atom. The minimum Gasteiger partial charge on any atom is -0.497 e. The van der Waals surface area contributed by atoms with Crippen LogP contribution < -0.4 is 20.1 Å². The molecule has 0 atom stereocenters. The number of hydrogen-bond donors (Lipinski definition) is 2. The van der Waals surface area contributed by atoms with Gasteiger partial charge in [-0.05, 0) is 55.0 Å². The summed E-state index contributed by atoms with van der Waals surface area (Å²) in [5.74, 6) is 0.982. The predicted octanol–water partition coefficient (Wildman–Crippen LogP) is 3.66. The van der Waals surface area contributed by atoms with Gasteiger partial charge in [0.1, 0.15) is 11.5 Å². The van der Waals surface area contributed by atoms with Crippen LogP contribution in [0.15, 0.2) is 46.9 Å². The van der Waals surface area contributed by atoms with Gasteiger partial charge < -0.3 is 14.8 Å². The number of rotatable bonds is 6. The zero-order chi connectivity index (χ0) is 18.2. The summed E-state index contributed by atoms with van der Waals surface area (Å²) in [6.45, 7) is 2.84. The lowest BCUT2D eigenvalue weighted by Gasteiger charge is -2.13. The number of carbonyl (C=O) groups is 1. The Hall–Kier alpha value is -2.12. The normalized spacial score (nSPS) is 10.0. The third-order valence-corrected chi connectivity index (χ3v) is 4.06. The quantitative estimate of drug-likeness (QED) is 0.695. The van der Waals surface area contributed by atoms with E-state index in [-0.39, 0.29) is 11.0 Å². The van der Waals surface area contributed by atoms with E-state index in [2.05, 4.69) is 26.6 Å². The summed E-state index contributed by atoms with van der Waals surface area (Å²) in [5, 5.41) is 5.93. The molecule has 0 aromatic heterocycles. The third-order valence-electron chi connectivity index (χ3n) is 3.33. The summed E-state index contributed by atoms with van der Waals surface area (Å²) in [7, 11) is 1.62. The van der Waals surface area contributed by atoms with Crippen LogP contribution in [-0.2, 0) is 6.54 Å². The molecule has 2 aromatic rings. The van der Waals surface area contributed by atoms with E-state index < -0.39 is 0 Å². The summed E-state index contributed by atoms with van der Waals surface area (Å²) in [4.78, 5) is 12.4.